The number of hydrogen-bond donors (Lipinski definition) is 1. The number of aromatic nitrogens is 1. The molecule has 0 radical (unpaired) electrons. The molecule has 32 heavy (non-hydrogen) atoms. The van der Waals surface area contributed by atoms with Gasteiger partial charge in [0.05, 0.1) is 21.0 Å². The van der Waals surface area contributed by atoms with Crippen LogP contribution in [0.15, 0.2) is 53.4 Å². The summed E-state index contributed by atoms with van der Waals surface area (Å²) in [5.74, 6) is -0.928. The first-order chi connectivity index (χ1) is 15.3. The van der Waals surface area contributed by atoms with Crippen LogP contribution >= 0.6 is 11.3 Å². The monoisotopic (exact) mass is 472 g/mol. The Kier molecular flexibility index (Phi) is 6.27. The highest BCUT2D eigenvalue weighted by molar-refractivity contribution is 7.89. The number of benzene rings is 2. The molecule has 2 heterocycles. The van der Waals surface area contributed by atoms with Gasteiger partial charge in [-0.15, -0.1) is 0 Å². The Morgan fingerprint density at radius 1 is 1.16 bits per heavy atom. The van der Waals surface area contributed by atoms with Crippen LogP contribution in [0.3, 0.4) is 0 Å². The quantitative estimate of drug-likeness (QED) is 0.569. The highest BCUT2D eigenvalue weighted by Gasteiger charge is 2.35. The van der Waals surface area contributed by atoms with Crippen LogP contribution in [0.25, 0.3) is 10.2 Å². The van der Waals surface area contributed by atoms with Gasteiger partial charge in [0.15, 0.2) is 5.13 Å². The number of nitrogens with zero attached hydrogens (tertiary/aromatic N) is 3. The van der Waals surface area contributed by atoms with Crippen molar-refractivity contribution in [2.45, 2.75) is 25.2 Å². The van der Waals surface area contributed by atoms with Crippen LogP contribution in [0, 0.1) is 5.92 Å². The molecule has 1 aliphatic heterocycles. The molecular weight excluding hydrogens is 448 g/mol. The van der Waals surface area contributed by atoms with Gasteiger partial charge in [-0.3, -0.25) is 9.59 Å². The number of amides is 2. The van der Waals surface area contributed by atoms with Crippen molar-refractivity contribution >= 4 is 54.2 Å². The molecule has 1 fully saturated rings. The van der Waals surface area contributed by atoms with Gasteiger partial charge in [-0.25, -0.2) is 13.4 Å². The third kappa shape index (κ3) is 4.25. The summed E-state index contributed by atoms with van der Waals surface area (Å²) in [7, 11) is -3.57. The van der Waals surface area contributed by atoms with E-state index in [4.69, 9.17) is 0 Å². The van der Waals surface area contributed by atoms with Crippen molar-refractivity contribution in [2.24, 2.45) is 5.92 Å². The first kappa shape index (κ1) is 22.4. The summed E-state index contributed by atoms with van der Waals surface area (Å²) < 4.78 is 27.7. The predicted octanol–water partition coefficient (Wildman–Crippen LogP) is 3.32. The summed E-state index contributed by atoms with van der Waals surface area (Å²) in [6.45, 7) is 4.58. The largest absolute Gasteiger partial charge is 0.312 e. The Balaban J connectivity index is 1.45. The zero-order chi connectivity index (χ0) is 22.9. The Bertz CT molecular complexity index is 1220. The number of hydrogen-bond acceptors (Lipinski definition) is 6. The Hall–Kier alpha value is -2.82. The molecule has 0 spiro atoms. The molecule has 1 saturated heterocycles. The molecule has 8 nitrogen and oxygen atoms in total. The van der Waals surface area contributed by atoms with Crippen molar-refractivity contribution in [2.75, 3.05) is 29.9 Å². The lowest BCUT2D eigenvalue weighted by atomic mass is 10.1. The number of carbonyl (C=O) groups excluding carboxylic acids is 2. The van der Waals surface area contributed by atoms with E-state index in [9.17, 15) is 18.0 Å². The van der Waals surface area contributed by atoms with Crippen LogP contribution in [0.1, 0.15) is 20.3 Å². The topological polar surface area (TPSA) is 99.7 Å². The van der Waals surface area contributed by atoms with Gasteiger partial charge in [-0.1, -0.05) is 37.3 Å². The van der Waals surface area contributed by atoms with E-state index >= 15 is 0 Å². The average Bonchev–Trinajstić information content (AvgIpc) is 3.37. The fraction of sp³-hybridized carbons (Fsp3) is 0.318. The number of rotatable bonds is 7. The highest BCUT2D eigenvalue weighted by Crippen LogP contribution is 2.29. The number of carbonyl (C=O) groups is 2. The van der Waals surface area contributed by atoms with E-state index in [1.165, 1.54) is 32.7 Å². The SMILES string of the molecule is CCN(CC)S(=O)(=O)c1ccc(N2C[C@@H](C(=O)Nc3nc4ccccc4s3)CC2=O)cc1. The summed E-state index contributed by atoms with van der Waals surface area (Å²) in [5.41, 5.74) is 1.39. The van der Waals surface area contributed by atoms with E-state index in [1.54, 1.807) is 26.0 Å². The summed E-state index contributed by atoms with van der Waals surface area (Å²) in [5, 5.41) is 3.33. The number of thiazole rings is 1. The molecule has 4 rings (SSSR count). The molecule has 1 atom stereocenters. The molecule has 1 aromatic heterocycles. The third-order valence-corrected chi connectivity index (χ3v) is 8.53. The fourth-order valence-electron chi connectivity index (χ4n) is 3.78. The van der Waals surface area contributed by atoms with Crippen LogP contribution in [0.2, 0.25) is 0 Å². The van der Waals surface area contributed by atoms with Gasteiger partial charge >= 0.3 is 0 Å². The van der Waals surface area contributed by atoms with Crippen molar-refractivity contribution in [3.8, 4) is 0 Å². The van der Waals surface area contributed by atoms with Gasteiger partial charge in [-0.05, 0) is 36.4 Å². The second-order valence-corrected chi connectivity index (χ2v) is 10.4. The van der Waals surface area contributed by atoms with Gasteiger partial charge in [0.2, 0.25) is 21.8 Å². The van der Waals surface area contributed by atoms with Crippen LogP contribution in [-0.2, 0) is 19.6 Å². The van der Waals surface area contributed by atoms with Crippen LogP contribution in [0.5, 0.6) is 0 Å². The number of para-hydroxylation sites is 1. The zero-order valence-electron chi connectivity index (χ0n) is 17.8. The van der Waals surface area contributed by atoms with Crippen LogP contribution < -0.4 is 10.2 Å². The molecule has 0 unspecified atom stereocenters. The normalized spacial score (nSPS) is 16.8. The number of nitrogens with one attached hydrogen (secondary N) is 1. The van der Waals surface area contributed by atoms with Crippen molar-refractivity contribution in [1.29, 1.82) is 0 Å². The standard InChI is InChI=1S/C22H24N4O4S2/c1-3-25(4-2)32(29,30)17-11-9-16(10-12-17)26-14-15(13-20(26)27)21(28)24-22-23-18-7-5-6-8-19(18)31-22/h5-12,15H,3-4,13-14H2,1-2H3,(H,23,24,28)/t15-/m0/s1. The predicted molar refractivity (Wildman–Crippen MR) is 125 cm³/mol. The van der Waals surface area contributed by atoms with Gasteiger partial charge in [-0.2, -0.15) is 4.31 Å². The first-order valence-corrected chi connectivity index (χ1v) is 12.7. The van der Waals surface area contributed by atoms with E-state index in [0.29, 0.717) is 23.9 Å². The van der Waals surface area contributed by atoms with Gasteiger partial charge in [0.1, 0.15) is 0 Å². The van der Waals surface area contributed by atoms with Crippen LogP contribution in [-0.4, -0.2) is 49.2 Å². The molecule has 0 saturated carbocycles. The summed E-state index contributed by atoms with van der Waals surface area (Å²) in [4.78, 5) is 31.4. The summed E-state index contributed by atoms with van der Waals surface area (Å²) in [6, 6.07) is 13.9. The number of fused-ring (bicyclic) bond motifs is 1. The lowest BCUT2D eigenvalue weighted by Gasteiger charge is -2.20. The maximum Gasteiger partial charge on any atom is 0.243 e. The third-order valence-electron chi connectivity index (χ3n) is 5.51. The minimum atomic E-state index is -3.57. The van der Waals surface area contributed by atoms with E-state index in [2.05, 4.69) is 10.3 Å². The maximum atomic E-state index is 12.7. The molecule has 2 aromatic carbocycles. The fourth-order valence-corrected chi connectivity index (χ4v) is 6.10. The zero-order valence-corrected chi connectivity index (χ0v) is 19.4. The van der Waals surface area contributed by atoms with Gasteiger partial charge in [0.25, 0.3) is 0 Å². The van der Waals surface area contributed by atoms with E-state index in [-0.39, 0.29) is 29.7 Å². The lowest BCUT2D eigenvalue weighted by molar-refractivity contribution is -0.122. The molecule has 168 valence electrons. The summed E-state index contributed by atoms with van der Waals surface area (Å²) in [6.07, 6.45) is 0.0935. The Morgan fingerprint density at radius 3 is 2.50 bits per heavy atom. The summed E-state index contributed by atoms with van der Waals surface area (Å²) >= 11 is 1.39. The van der Waals surface area contributed by atoms with Crippen LogP contribution in [0.4, 0.5) is 10.8 Å². The van der Waals surface area contributed by atoms with Crippen molar-refractivity contribution in [1.82, 2.24) is 9.29 Å². The van der Waals surface area contributed by atoms with Crippen molar-refractivity contribution < 1.29 is 18.0 Å². The molecule has 1 aliphatic rings. The van der Waals surface area contributed by atoms with E-state index in [0.717, 1.165) is 10.2 Å². The van der Waals surface area contributed by atoms with Crippen molar-refractivity contribution in [3.63, 3.8) is 0 Å². The molecule has 0 aliphatic carbocycles. The minimum Gasteiger partial charge on any atom is -0.312 e. The smallest absolute Gasteiger partial charge is 0.243 e. The van der Waals surface area contributed by atoms with Crippen molar-refractivity contribution in [3.05, 3.63) is 48.5 Å². The second kappa shape index (κ2) is 8.97. The highest BCUT2D eigenvalue weighted by atomic mass is 32.2. The van der Waals surface area contributed by atoms with E-state index < -0.39 is 15.9 Å². The molecule has 3 aromatic rings. The maximum absolute atomic E-state index is 12.7. The van der Waals surface area contributed by atoms with Gasteiger partial charge in [0, 0.05) is 31.7 Å². The number of anilines is 2. The Labute approximate surface area is 190 Å². The molecule has 2 amide bonds. The Morgan fingerprint density at radius 2 is 1.84 bits per heavy atom. The molecule has 10 heteroatoms. The molecule has 0 bridgehead atoms. The van der Waals surface area contributed by atoms with E-state index in [1.807, 2.05) is 24.3 Å². The molecule has 1 N–H and O–H groups in total. The average molecular weight is 473 g/mol. The minimum absolute atomic E-state index is 0.0935. The second-order valence-electron chi connectivity index (χ2n) is 7.46. The molecular formula is C22H24N4O4S2. The lowest BCUT2D eigenvalue weighted by Crippen LogP contribution is -2.31. The first-order valence-electron chi connectivity index (χ1n) is 10.4. The number of sulfonamides is 1. The van der Waals surface area contributed by atoms with Gasteiger partial charge < -0.3 is 10.2 Å².